The summed E-state index contributed by atoms with van der Waals surface area (Å²) in [6, 6.07) is 15.5. The summed E-state index contributed by atoms with van der Waals surface area (Å²) in [6.07, 6.45) is 0.911. The molecule has 0 fully saturated rings. The maximum Gasteiger partial charge on any atom is 0.355 e. The van der Waals surface area contributed by atoms with Crippen molar-refractivity contribution < 1.29 is 23.5 Å². The van der Waals surface area contributed by atoms with Crippen molar-refractivity contribution in [3.8, 4) is 5.75 Å². The largest absolute Gasteiger partial charge is 0.490 e. The number of H-pyrrole nitrogens is 1. The summed E-state index contributed by atoms with van der Waals surface area (Å²) in [7, 11) is 0. The fourth-order valence-electron chi connectivity index (χ4n) is 3.89. The van der Waals surface area contributed by atoms with Gasteiger partial charge in [-0.25, -0.2) is 9.18 Å². The summed E-state index contributed by atoms with van der Waals surface area (Å²) in [6.45, 7) is 2.09. The number of rotatable bonds is 6. The smallest absolute Gasteiger partial charge is 0.355 e. The number of hydrogen-bond donors (Lipinski definition) is 1. The van der Waals surface area contributed by atoms with Crippen LogP contribution in [-0.4, -0.2) is 30.0 Å². The molecule has 1 aromatic heterocycles. The number of carbonyl (C=O) groups excluding carboxylic acids is 2. The van der Waals surface area contributed by atoms with Crippen LogP contribution in [0.4, 0.5) is 4.39 Å². The minimum Gasteiger partial charge on any atom is -0.490 e. The van der Waals surface area contributed by atoms with Gasteiger partial charge in [0.25, 0.3) is 0 Å². The molecule has 0 saturated carbocycles. The maximum atomic E-state index is 13.2. The maximum absolute atomic E-state index is 13.2. The average molecular weight is 407 g/mol. The average Bonchev–Trinajstić information content (AvgIpc) is 3.09. The lowest BCUT2D eigenvalue weighted by Crippen LogP contribution is -2.18. The molecule has 1 aliphatic rings. The molecule has 3 aromatic rings. The number of para-hydroxylation sites is 1. The number of carbonyl (C=O) groups is 2. The van der Waals surface area contributed by atoms with E-state index in [-0.39, 0.29) is 30.7 Å². The quantitative estimate of drug-likeness (QED) is 0.479. The molecule has 2 aromatic carbocycles. The highest BCUT2D eigenvalue weighted by molar-refractivity contribution is 6.03. The minimum atomic E-state index is -0.510. The van der Waals surface area contributed by atoms with Crippen LogP contribution in [-0.2, 0) is 11.2 Å². The van der Waals surface area contributed by atoms with Gasteiger partial charge in [0.1, 0.15) is 30.5 Å². The van der Waals surface area contributed by atoms with Crippen molar-refractivity contribution in [1.82, 2.24) is 4.98 Å². The Hall–Kier alpha value is -3.41. The van der Waals surface area contributed by atoms with Gasteiger partial charge in [-0.2, -0.15) is 0 Å². The first-order chi connectivity index (χ1) is 14.5. The van der Waals surface area contributed by atoms with Gasteiger partial charge in [-0.05, 0) is 54.7 Å². The number of fused-ring (bicyclic) bond motifs is 1. The lowest BCUT2D eigenvalue weighted by molar-refractivity contribution is 0.0443. The van der Waals surface area contributed by atoms with Crippen LogP contribution in [0.15, 0.2) is 54.6 Å². The van der Waals surface area contributed by atoms with Gasteiger partial charge >= 0.3 is 5.97 Å². The highest BCUT2D eigenvalue weighted by Gasteiger charge is 2.32. The number of benzene rings is 2. The molecule has 0 bridgehead atoms. The number of nitrogens with one attached hydrogen (secondary N) is 1. The second-order valence-corrected chi connectivity index (χ2v) is 7.36. The van der Waals surface area contributed by atoms with Crippen molar-refractivity contribution in [1.29, 1.82) is 0 Å². The Balaban J connectivity index is 1.42. The van der Waals surface area contributed by atoms with E-state index in [9.17, 15) is 14.0 Å². The molecule has 6 heteroatoms. The molecule has 154 valence electrons. The summed E-state index contributed by atoms with van der Waals surface area (Å²) >= 11 is 0. The van der Waals surface area contributed by atoms with Crippen molar-refractivity contribution in [3.05, 3.63) is 88.5 Å². The second kappa shape index (κ2) is 8.53. The highest BCUT2D eigenvalue weighted by Crippen LogP contribution is 2.35. The van der Waals surface area contributed by atoms with E-state index in [1.54, 1.807) is 19.1 Å². The number of aromatic amines is 1. The van der Waals surface area contributed by atoms with E-state index in [4.69, 9.17) is 9.47 Å². The number of halogens is 1. The third-order valence-corrected chi connectivity index (χ3v) is 5.36. The van der Waals surface area contributed by atoms with Crippen molar-refractivity contribution in [2.45, 2.75) is 25.7 Å². The Morgan fingerprint density at radius 1 is 1.07 bits per heavy atom. The first-order valence-electron chi connectivity index (χ1n) is 9.88. The van der Waals surface area contributed by atoms with E-state index < -0.39 is 5.97 Å². The molecular formula is C24H22FNO4. The SMILES string of the molecule is Cc1c(C(=O)OCCOc2ccccc2)[nH]c2c1C(=O)CC(c1ccc(F)cc1)C2. The summed E-state index contributed by atoms with van der Waals surface area (Å²) in [4.78, 5) is 28.4. The number of ether oxygens (including phenoxy) is 2. The standard InChI is InChI=1S/C24H22FNO4/c1-15-22-20(13-17(14-21(22)27)16-7-9-18(25)10-8-16)26-23(15)24(28)30-12-11-29-19-5-3-2-4-6-19/h2-10,17,26H,11-14H2,1H3. The van der Waals surface area contributed by atoms with Crippen molar-refractivity contribution in [2.24, 2.45) is 0 Å². The van der Waals surface area contributed by atoms with Crippen LogP contribution >= 0.6 is 0 Å². The van der Waals surface area contributed by atoms with Crippen LogP contribution in [0.25, 0.3) is 0 Å². The van der Waals surface area contributed by atoms with E-state index in [0.717, 1.165) is 11.3 Å². The molecule has 0 spiro atoms. The van der Waals surface area contributed by atoms with Crippen LogP contribution in [0.5, 0.6) is 5.75 Å². The van der Waals surface area contributed by atoms with Gasteiger partial charge in [-0.15, -0.1) is 0 Å². The van der Waals surface area contributed by atoms with E-state index in [2.05, 4.69) is 4.98 Å². The Kier molecular flexibility index (Phi) is 5.65. The third-order valence-electron chi connectivity index (χ3n) is 5.36. The van der Waals surface area contributed by atoms with Gasteiger partial charge in [0.05, 0.1) is 0 Å². The molecule has 1 unspecified atom stereocenters. The first kappa shape index (κ1) is 19.9. The number of ketones is 1. The Bertz CT molecular complexity index is 1060. The lowest BCUT2D eigenvalue weighted by atomic mass is 9.81. The zero-order valence-corrected chi connectivity index (χ0v) is 16.6. The van der Waals surface area contributed by atoms with E-state index in [0.29, 0.717) is 35.4 Å². The molecule has 0 radical (unpaired) electrons. The monoisotopic (exact) mass is 407 g/mol. The Morgan fingerprint density at radius 3 is 2.53 bits per heavy atom. The molecule has 0 amide bonds. The van der Waals surface area contributed by atoms with E-state index >= 15 is 0 Å². The zero-order chi connectivity index (χ0) is 21.1. The molecule has 1 heterocycles. The number of hydrogen-bond acceptors (Lipinski definition) is 4. The summed E-state index contributed by atoms with van der Waals surface area (Å²) in [5.41, 5.74) is 3.12. The van der Waals surface area contributed by atoms with Crippen LogP contribution in [0, 0.1) is 12.7 Å². The number of aromatic nitrogens is 1. The summed E-state index contributed by atoms with van der Waals surface area (Å²) in [5, 5.41) is 0. The van der Waals surface area contributed by atoms with Crippen LogP contribution in [0.3, 0.4) is 0 Å². The molecule has 1 aliphatic carbocycles. The summed E-state index contributed by atoms with van der Waals surface area (Å²) in [5.74, 6) is -0.182. The van der Waals surface area contributed by atoms with Gasteiger partial charge in [0, 0.05) is 17.7 Å². The molecule has 1 N–H and O–H groups in total. The Labute approximate surface area is 173 Å². The van der Waals surface area contributed by atoms with Crippen molar-refractivity contribution >= 4 is 11.8 Å². The number of esters is 1. The highest BCUT2D eigenvalue weighted by atomic mass is 19.1. The summed E-state index contributed by atoms with van der Waals surface area (Å²) < 4.78 is 24.0. The van der Waals surface area contributed by atoms with Crippen molar-refractivity contribution in [3.63, 3.8) is 0 Å². The van der Waals surface area contributed by atoms with Crippen molar-refractivity contribution in [2.75, 3.05) is 13.2 Å². The molecule has 30 heavy (non-hydrogen) atoms. The molecule has 4 rings (SSSR count). The van der Waals surface area contributed by atoms with Gasteiger partial charge < -0.3 is 14.5 Å². The van der Waals surface area contributed by atoms with Gasteiger partial charge in [-0.3, -0.25) is 4.79 Å². The fraction of sp³-hybridized carbons (Fsp3) is 0.250. The first-order valence-corrected chi connectivity index (χ1v) is 9.88. The molecule has 5 nitrogen and oxygen atoms in total. The van der Waals surface area contributed by atoms with E-state index in [1.807, 2.05) is 30.3 Å². The second-order valence-electron chi connectivity index (χ2n) is 7.36. The molecule has 0 aliphatic heterocycles. The molecular weight excluding hydrogens is 385 g/mol. The Morgan fingerprint density at radius 2 is 1.80 bits per heavy atom. The topological polar surface area (TPSA) is 68.4 Å². The zero-order valence-electron chi connectivity index (χ0n) is 16.6. The van der Waals surface area contributed by atoms with Gasteiger partial charge in [-0.1, -0.05) is 30.3 Å². The van der Waals surface area contributed by atoms with Crippen LogP contribution < -0.4 is 4.74 Å². The fourth-order valence-corrected chi connectivity index (χ4v) is 3.89. The molecule has 1 atom stereocenters. The normalized spacial score (nSPS) is 15.5. The lowest BCUT2D eigenvalue weighted by Gasteiger charge is -2.22. The van der Waals surface area contributed by atoms with Crippen LogP contribution in [0.1, 0.15) is 50.0 Å². The minimum absolute atomic E-state index is 0.0224. The van der Waals surface area contributed by atoms with Crippen LogP contribution in [0.2, 0.25) is 0 Å². The predicted molar refractivity (Wildman–Crippen MR) is 110 cm³/mol. The third kappa shape index (κ3) is 4.13. The van der Waals surface area contributed by atoms with Gasteiger partial charge in [0.15, 0.2) is 5.78 Å². The number of Topliss-reactive ketones (excluding diaryl/α,β-unsaturated/α-hetero) is 1. The van der Waals surface area contributed by atoms with E-state index in [1.165, 1.54) is 12.1 Å². The predicted octanol–water partition coefficient (Wildman–Crippen LogP) is 4.61. The van der Waals surface area contributed by atoms with Gasteiger partial charge in [0.2, 0.25) is 0 Å². The molecule has 0 saturated heterocycles.